The second-order valence-corrected chi connectivity index (χ2v) is 2.93. The Labute approximate surface area is 51.2 Å². The molecule has 0 unspecified atom stereocenters. The largest absolute Gasteiger partial charge is 0.297 e. The zero-order valence-corrected chi connectivity index (χ0v) is 5.78. The Hall–Kier alpha value is -0.300. The summed E-state index contributed by atoms with van der Waals surface area (Å²) in [4.78, 5) is 0. The first-order valence-corrected chi connectivity index (χ1v) is 3.16. The standard InChI is InChI=1S/C7H14N/c1-7(2)8(3)5-4-6-8/h1,4-6H2,2-3H3/q+1. The summed E-state index contributed by atoms with van der Waals surface area (Å²) in [5.41, 5.74) is 1.30. The molecule has 1 heterocycles. The smallest absolute Gasteiger partial charge is 0.0981 e. The van der Waals surface area contributed by atoms with Crippen molar-refractivity contribution >= 4 is 0 Å². The second kappa shape index (κ2) is 1.59. The lowest BCUT2D eigenvalue weighted by atomic mass is 10.1. The number of hydrogen-bond acceptors (Lipinski definition) is 0. The van der Waals surface area contributed by atoms with Crippen molar-refractivity contribution < 1.29 is 4.48 Å². The number of allylic oxidation sites excluding steroid dienone is 1. The highest BCUT2D eigenvalue weighted by Crippen LogP contribution is 2.21. The van der Waals surface area contributed by atoms with Crippen molar-refractivity contribution in [2.45, 2.75) is 13.3 Å². The molecule has 0 atom stereocenters. The van der Waals surface area contributed by atoms with Gasteiger partial charge in [-0.15, -0.1) is 0 Å². The van der Waals surface area contributed by atoms with Crippen molar-refractivity contribution in [1.29, 1.82) is 0 Å². The first-order chi connectivity index (χ1) is 3.65. The molecule has 0 bridgehead atoms. The van der Waals surface area contributed by atoms with Gasteiger partial charge in [0.15, 0.2) is 0 Å². The van der Waals surface area contributed by atoms with Gasteiger partial charge >= 0.3 is 0 Å². The highest BCUT2D eigenvalue weighted by Gasteiger charge is 2.31. The number of quaternary nitrogens is 1. The summed E-state index contributed by atoms with van der Waals surface area (Å²) in [6, 6.07) is 0. The summed E-state index contributed by atoms with van der Waals surface area (Å²) in [5.74, 6) is 0. The molecule has 0 aromatic rings. The molecule has 1 saturated heterocycles. The predicted molar refractivity (Wildman–Crippen MR) is 35.3 cm³/mol. The fourth-order valence-electron chi connectivity index (χ4n) is 1.01. The van der Waals surface area contributed by atoms with Gasteiger partial charge in [-0.05, 0) is 6.58 Å². The van der Waals surface area contributed by atoms with Gasteiger partial charge in [0.1, 0.15) is 0 Å². The fraction of sp³-hybridized carbons (Fsp3) is 0.714. The first-order valence-electron chi connectivity index (χ1n) is 3.16. The lowest BCUT2D eigenvalue weighted by Gasteiger charge is -2.41. The number of likely N-dealkylation sites (tertiary alicyclic amines) is 1. The van der Waals surface area contributed by atoms with E-state index >= 15 is 0 Å². The summed E-state index contributed by atoms with van der Waals surface area (Å²) >= 11 is 0. The van der Waals surface area contributed by atoms with E-state index in [1.165, 1.54) is 25.2 Å². The van der Waals surface area contributed by atoms with Gasteiger partial charge in [0, 0.05) is 13.3 Å². The van der Waals surface area contributed by atoms with Gasteiger partial charge in [0.2, 0.25) is 0 Å². The molecule has 0 radical (unpaired) electrons. The molecule has 0 aromatic heterocycles. The SMILES string of the molecule is C=C(C)[N+]1(C)CCC1. The van der Waals surface area contributed by atoms with Crippen LogP contribution in [0.4, 0.5) is 0 Å². The minimum atomic E-state index is 1.11. The fourth-order valence-corrected chi connectivity index (χ4v) is 1.01. The van der Waals surface area contributed by atoms with Crippen LogP contribution in [0.5, 0.6) is 0 Å². The average Bonchev–Trinajstić information content (AvgIpc) is 1.60. The summed E-state index contributed by atoms with van der Waals surface area (Å²) in [6.07, 6.45) is 1.38. The highest BCUT2D eigenvalue weighted by molar-refractivity contribution is 4.79. The Morgan fingerprint density at radius 3 is 2.00 bits per heavy atom. The van der Waals surface area contributed by atoms with E-state index in [9.17, 15) is 0 Å². The Bertz CT molecular complexity index is 112. The van der Waals surface area contributed by atoms with Gasteiger partial charge in [-0.3, -0.25) is 4.48 Å². The molecule has 0 aliphatic carbocycles. The summed E-state index contributed by atoms with van der Waals surface area (Å²) in [6.45, 7) is 8.63. The molecule has 0 aromatic carbocycles. The Balaban J connectivity index is 2.53. The summed E-state index contributed by atoms with van der Waals surface area (Å²) in [5, 5.41) is 0. The maximum Gasteiger partial charge on any atom is 0.0981 e. The first kappa shape index (κ1) is 5.83. The van der Waals surface area contributed by atoms with Gasteiger partial charge in [0.05, 0.1) is 25.8 Å². The normalized spacial score (nSPS) is 24.2. The molecule has 0 spiro atoms. The molecule has 0 saturated carbocycles. The maximum atomic E-state index is 3.92. The van der Waals surface area contributed by atoms with Crippen molar-refractivity contribution in [3.05, 3.63) is 12.3 Å². The van der Waals surface area contributed by atoms with E-state index in [0.717, 1.165) is 4.48 Å². The molecule has 0 N–H and O–H groups in total. The Kier molecular flexibility index (Phi) is 1.16. The molecule has 1 aliphatic heterocycles. The predicted octanol–water partition coefficient (Wildman–Crippen LogP) is 1.37. The topological polar surface area (TPSA) is 0 Å². The maximum absolute atomic E-state index is 3.92. The average molecular weight is 112 g/mol. The van der Waals surface area contributed by atoms with Crippen molar-refractivity contribution in [2.75, 3.05) is 20.1 Å². The molecule has 1 fully saturated rings. The zero-order valence-electron chi connectivity index (χ0n) is 5.78. The zero-order chi connectivity index (χ0) is 6.20. The van der Waals surface area contributed by atoms with E-state index in [4.69, 9.17) is 0 Å². The van der Waals surface area contributed by atoms with Crippen LogP contribution >= 0.6 is 0 Å². The molecule has 0 amide bonds. The van der Waals surface area contributed by atoms with E-state index < -0.39 is 0 Å². The van der Waals surface area contributed by atoms with E-state index in [0.29, 0.717) is 0 Å². The molecule has 46 valence electrons. The van der Waals surface area contributed by atoms with Crippen LogP contribution in [0.15, 0.2) is 12.3 Å². The number of rotatable bonds is 1. The van der Waals surface area contributed by atoms with Crippen LogP contribution in [0.1, 0.15) is 13.3 Å². The Morgan fingerprint density at radius 1 is 1.50 bits per heavy atom. The van der Waals surface area contributed by atoms with Crippen LogP contribution in [0.25, 0.3) is 0 Å². The van der Waals surface area contributed by atoms with Crippen LogP contribution in [-0.4, -0.2) is 24.6 Å². The molecule has 8 heavy (non-hydrogen) atoms. The van der Waals surface area contributed by atoms with Crippen molar-refractivity contribution in [3.8, 4) is 0 Å². The molecule has 1 heteroatoms. The van der Waals surface area contributed by atoms with Gasteiger partial charge in [-0.1, -0.05) is 0 Å². The van der Waals surface area contributed by atoms with E-state index in [1.807, 2.05) is 0 Å². The van der Waals surface area contributed by atoms with Gasteiger partial charge in [-0.25, -0.2) is 0 Å². The van der Waals surface area contributed by atoms with Crippen molar-refractivity contribution in [3.63, 3.8) is 0 Å². The van der Waals surface area contributed by atoms with E-state index in [2.05, 4.69) is 20.6 Å². The molecular formula is C7H14N+. The minimum absolute atomic E-state index is 1.11. The Morgan fingerprint density at radius 2 is 2.00 bits per heavy atom. The third-order valence-electron chi connectivity index (χ3n) is 2.22. The third kappa shape index (κ3) is 0.671. The van der Waals surface area contributed by atoms with Crippen molar-refractivity contribution in [2.24, 2.45) is 0 Å². The molecule has 1 aliphatic rings. The van der Waals surface area contributed by atoms with Crippen LogP contribution < -0.4 is 0 Å². The van der Waals surface area contributed by atoms with Gasteiger partial charge in [-0.2, -0.15) is 0 Å². The minimum Gasteiger partial charge on any atom is -0.297 e. The van der Waals surface area contributed by atoms with Crippen molar-refractivity contribution in [1.82, 2.24) is 0 Å². The molecule has 1 rings (SSSR count). The molecular weight excluding hydrogens is 98.1 g/mol. The lowest BCUT2D eigenvalue weighted by molar-refractivity contribution is -0.910. The summed E-state index contributed by atoms with van der Waals surface area (Å²) < 4.78 is 1.11. The van der Waals surface area contributed by atoms with Crippen LogP contribution in [-0.2, 0) is 0 Å². The van der Waals surface area contributed by atoms with Crippen LogP contribution in [0.3, 0.4) is 0 Å². The van der Waals surface area contributed by atoms with Crippen LogP contribution in [0, 0.1) is 0 Å². The third-order valence-corrected chi connectivity index (χ3v) is 2.22. The van der Waals surface area contributed by atoms with Crippen LogP contribution in [0.2, 0.25) is 0 Å². The molecule has 1 nitrogen and oxygen atoms in total. The monoisotopic (exact) mass is 112 g/mol. The van der Waals surface area contributed by atoms with Gasteiger partial charge in [0.25, 0.3) is 0 Å². The number of nitrogens with zero attached hydrogens (tertiary/aromatic N) is 1. The van der Waals surface area contributed by atoms with E-state index in [1.54, 1.807) is 0 Å². The quantitative estimate of drug-likeness (QED) is 0.449. The second-order valence-electron chi connectivity index (χ2n) is 2.93. The van der Waals surface area contributed by atoms with E-state index in [-0.39, 0.29) is 0 Å². The highest BCUT2D eigenvalue weighted by atomic mass is 15.4. The number of hydrogen-bond donors (Lipinski definition) is 0. The van der Waals surface area contributed by atoms with Gasteiger partial charge < -0.3 is 0 Å². The summed E-state index contributed by atoms with van der Waals surface area (Å²) in [7, 11) is 2.24. The lowest BCUT2D eigenvalue weighted by Crippen LogP contribution is -2.52.